The zero-order valence-electron chi connectivity index (χ0n) is 14.8. The Morgan fingerprint density at radius 1 is 1.41 bits per heavy atom. The van der Waals surface area contributed by atoms with Crippen LogP contribution in [0.25, 0.3) is 0 Å². The summed E-state index contributed by atoms with van der Waals surface area (Å²) < 4.78 is 7.08. The monoisotopic (exact) mass is 393 g/mol. The molecule has 0 saturated carbocycles. The van der Waals surface area contributed by atoms with Crippen molar-refractivity contribution < 1.29 is 24.2 Å². The summed E-state index contributed by atoms with van der Waals surface area (Å²) in [6.07, 6.45) is 0. The van der Waals surface area contributed by atoms with Crippen LogP contribution in [0.3, 0.4) is 0 Å². The van der Waals surface area contributed by atoms with Gasteiger partial charge in [-0.15, -0.1) is 0 Å². The van der Waals surface area contributed by atoms with E-state index in [9.17, 15) is 20.0 Å². The molecule has 0 bridgehead atoms. The smallest absolute Gasteiger partial charge is 0.436 e. The second-order valence-corrected chi connectivity index (χ2v) is 6.48. The molecule has 0 saturated heterocycles. The van der Waals surface area contributed by atoms with Crippen LogP contribution in [-0.4, -0.2) is 43.2 Å². The summed E-state index contributed by atoms with van der Waals surface area (Å²) >= 11 is 0.930. The van der Waals surface area contributed by atoms with Gasteiger partial charge in [-0.1, -0.05) is 11.3 Å². The lowest BCUT2D eigenvalue weighted by Gasteiger charge is -2.02. The maximum Gasteiger partial charge on any atom is 0.436 e. The summed E-state index contributed by atoms with van der Waals surface area (Å²) in [5, 5.41) is 30.7. The number of hydrogen-bond donors (Lipinski definition) is 1. The third kappa shape index (κ3) is 3.12. The minimum Gasteiger partial charge on any atom is -0.855 e. The molecule has 0 aliphatic heterocycles. The van der Waals surface area contributed by atoms with Gasteiger partial charge in [-0.25, -0.2) is 14.8 Å². The normalized spacial score (nSPS) is 11.9. The molecule has 13 heteroatoms. The molecule has 0 radical (unpaired) electrons. The lowest BCUT2D eigenvalue weighted by molar-refractivity contribution is -0.683. The number of rotatable bonds is 5. The van der Waals surface area contributed by atoms with E-state index in [2.05, 4.69) is 20.2 Å². The van der Waals surface area contributed by atoms with Crippen molar-refractivity contribution in [1.82, 2.24) is 19.8 Å². The molecule has 0 aliphatic carbocycles. The summed E-state index contributed by atoms with van der Waals surface area (Å²) in [6, 6.07) is 0. The van der Waals surface area contributed by atoms with Gasteiger partial charge in [0.2, 0.25) is 5.13 Å². The van der Waals surface area contributed by atoms with Gasteiger partial charge in [-0.05, 0) is 25.7 Å². The number of nitrogens with zero attached hydrogens (tertiary/aromatic N) is 6. The molecule has 27 heavy (non-hydrogen) atoms. The fourth-order valence-electron chi connectivity index (χ4n) is 2.50. The van der Waals surface area contributed by atoms with E-state index in [0.717, 1.165) is 20.6 Å². The van der Waals surface area contributed by atoms with Crippen molar-refractivity contribution in [2.24, 2.45) is 4.99 Å². The highest BCUT2D eigenvalue weighted by molar-refractivity contribution is 7.17. The van der Waals surface area contributed by atoms with Gasteiger partial charge in [0.1, 0.15) is 9.98 Å². The van der Waals surface area contributed by atoms with E-state index in [-0.39, 0.29) is 39.5 Å². The van der Waals surface area contributed by atoms with Crippen molar-refractivity contribution in [3.05, 3.63) is 37.8 Å². The topological polar surface area (TPSA) is 155 Å². The minimum absolute atomic E-state index is 0.0248. The molecule has 0 fully saturated rings. The molecule has 3 aromatic heterocycles. The van der Waals surface area contributed by atoms with Crippen LogP contribution in [0.4, 0.5) is 10.9 Å². The van der Waals surface area contributed by atoms with Crippen molar-refractivity contribution in [3.63, 3.8) is 0 Å². The molecular formula is C14H15N7O5S. The fourth-order valence-corrected chi connectivity index (χ4v) is 3.33. The second kappa shape index (κ2) is 6.75. The van der Waals surface area contributed by atoms with E-state index in [1.165, 1.54) is 13.8 Å². The second-order valence-electron chi connectivity index (χ2n) is 5.50. The average Bonchev–Trinajstić information content (AvgIpc) is 3.17. The van der Waals surface area contributed by atoms with Gasteiger partial charge in [0.05, 0.1) is 18.2 Å². The number of H-pyrrole nitrogens is 1. The molecule has 0 aromatic carbocycles. The lowest BCUT2D eigenvalue weighted by atomic mass is 10.3. The first-order chi connectivity index (χ1) is 12.7. The van der Waals surface area contributed by atoms with Crippen LogP contribution < -0.4 is 9.74 Å². The van der Waals surface area contributed by atoms with Crippen LogP contribution in [0, 0.1) is 30.9 Å². The Morgan fingerprint density at radius 3 is 2.74 bits per heavy atom. The molecule has 0 aliphatic rings. The van der Waals surface area contributed by atoms with E-state index in [0.29, 0.717) is 5.69 Å². The highest BCUT2D eigenvalue weighted by Gasteiger charge is 2.34. The largest absolute Gasteiger partial charge is 0.855 e. The first kappa shape index (κ1) is 18.4. The number of carbonyl (C=O) groups is 1. The highest BCUT2D eigenvalue weighted by Crippen LogP contribution is 2.26. The van der Waals surface area contributed by atoms with E-state index in [4.69, 9.17) is 4.74 Å². The average molecular weight is 393 g/mol. The van der Waals surface area contributed by atoms with Gasteiger partial charge in [-0.3, -0.25) is 0 Å². The van der Waals surface area contributed by atoms with Gasteiger partial charge >= 0.3 is 11.8 Å². The Bertz CT molecular complexity index is 1090. The first-order valence-electron chi connectivity index (χ1n) is 7.79. The van der Waals surface area contributed by atoms with Gasteiger partial charge in [0.25, 0.3) is 11.4 Å². The number of nitro groups is 1. The molecule has 1 N–H and O–H groups in total. The summed E-state index contributed by atoms with van der Waals surface area (Å²) in [5.74, 6) is -1.52. The van der Waals surface area contributed by atoms with Crippen LogP contribution in [0.2, 0.25) is 0 Å². The molecular weight excluding hydrogens is 378 g/mol. The summed E-state index contributed by atoms with van der Waals surface area (Å²) in [6.45, 7) is 6.55. The number of aromatic amines is 1. The quantitative estimate of drug-likeness (QED) is 0.162. The molecule has 3 rings (SSSR count). The molecule has 0 atom stereocenters. The zero-order valence-corrected chi connectivity index (χ0v) is 15.7. The van der Waals surface area contributed by atoms with E-state index >= 15 is 0 Å². The molecule has 0 unspecified atom stereocenters. The molecule has 3 aromatic rings. The number of carbonyl (C=O) groups excluding carboxylic acids is 1. The Kier molecular flexibility index (Phi) is 4.61. The van der Waals surface area contributed by atoms with Crippen molar-refractivity contribution in [2.75, 3.05) is 6.61 Å². The molecule has 142 valence electrons. The molecule has 0 spiro atoms. The molecule has 3 heterocycles. The van der Waals surface area contributed by atoms with E-state index in [1.54, 1.807) is 13.8 Å². The summed E-state index contributed by atoms with van der Waals surface area (Å²) in [7, 11) is 0. The minimum atomic E-state index is -0.701. The number of thiazole rings is 1. The van der Waals surface area contributed by atoms with E-state index in [1.807, 2.05) is 0 Å². The Balaban J connectivity index is 2.06. The highest BCUT2D eigenvalue weighted by atomic mass is 32.1. The number of nitrogens with one attached hydrogen (secondary N) is 1. The van der Waals surface area contributed by atoms with Crippen LogP contribution in [0.15, 0.2) is 4.99 Å². The van der Waals surface area contributed by atoms with Crippen molar-refractivity contribution in [2.45, 2.75) is 27.7 Å². The lowest BCUT2D eigenvalue weighted by Crippen LogP contribution is -2.39. The predicted molar refractivity (Wildman–Crippen MR) is 90.3 cm³/mol. The maximum atomic E-state index is 12.6. The number of ether oxygens (including phenoxy) is 1. The first-order valence-corrected chi connectivity index (χ1v) is 8.61. The Labute approximate surface area is 155 Å². The number of fused-ring (bicyclic) bond motifs is 1. The van der Waals surface area contributed by atoms with E-state index < -0.39 is 16.8 Å². The third-order valence-corrected chi connectivity index (χ3v) is 4.64. The van der Waals surface area contributed by atoms with Gasteiger partial charge in [-0.2, -0.15) is 5.10 Å². The van der Waals surface area contributed by atoms with Gasteiger partial charge < -0.3 is 20.0 Å². The number of aromatic nitrogens is 5. The number of hydrogen-bond acceptors (Lipinski definition) is 9. The van der Waals surface area contributed by atoms with Crippen LogP contribution in [0.1, 0.15) is 39.4 Å². The fraction of sp³-hybridized carbons (Fsp3) is 0.357. The summed E-state index contributed by atoms with van der Waals surface area (Å²) in [4.78, 5) is 30.7. The predicted octanol–water partition coefficient (Wildman–Crippen LogP) is 0.153. The molecule has 0 amide bonds. The number of aliphatic imine (C=N–C) groups is 1. The standard InChI is InChI=1S/C14H15N7O5S/c1-5-26-13(23)10-7(3)15-14(27-10)16-11(22)9-6(2)17-20-12(21(24)25)8(4)18-19(9)20/h5H2,1-4H3,(H-,15,16,17,18,22,23). The maximum absolute atomic E-state index is 12.6. The number of esters is 1. The molecule has 12 nitrogen and oxygen atoms in total. The Morgan fingerprint density at radius 2 is 2.11 bits per heavy atom. The van der Waals surface area contributed by atoms with Crippen molar-refractivity contribution >= 4 is 34.2 Å². The zero-order chi connectivity index (χ0) is 19.9. The van der Waals surface area contributed by atoms with Crippen molar-refractivity contribution in [3.8, 4) is 0 Å². The summed E-state index contributed by atoms with van der Waals surface area (Å²) in [5.41, 5.74) is 0.913. The van der Waals surface area contributed by atoms with Gasteiger partial charge in [0, 0.05) is 11.6 Å². The number of aryl methyl sites for hydroxylation is 3. The van der Waals surface area contributed by atoms with Crippen LogP contribution in [-0.2, 0) is 4.74 Å². The van der Waals surface area contributed by atoms with Crippen molar-refractivity contribution in [1.29, 1.82) is 0 Å². The SMILES string of the molecule is CCOC(=O)c1sc(N=C([O-])c2c(C)nn3c([N+](=O)[O-])c(C)[nH][n+]23)nc1C. The Hall–Kier alpha value is -3.35. The van der Waals surface area contributed by atoms with Crippen LogP contribution in [0.5, 0.6) is 0 Å². The van der Waals surface area contributed by atoms with Crippen LogP contribution >= 0.6 is 11.3 Å². The third-order valence-electron chi connectivity index (χ3n) is 3.61. The van der Waals surface area contributed by atoms with Gasteiger partial charge in [0.15, 0.2) is 10.3 Å².